The number of fused-ring (bicyclic) bond motifs is 1. The van der Waals surface area contributed by atoms with Crippen LogP contribution in [0.4, 0.5) is 0 Å². The third-order valence-corrected chi connectivity index (χ3v) is 3.17. The van der Waals surface area contributed by atoms with Crippen LogP contribution in [0.15, 0.2) is 18.2 Å². The molecule has 0 saturated carbocycles. The van der Waals surface area contributed by atoms with Crippen LogP contribution in [-0.4, -0.2) is 27.0 Å². The highest BCUT2D eigenvalue weighted by molar-refractivity contribution is 5.82. The van der Waals surface area contributed by atoms with Crippen LogP contribution in [0.2, 0.25) is 0 Å². The maximum atomic E-state index is 11.9. The summed E-state index contributed by atoms with van der Waals surface area (Å²) in [7, 11) is 0. The average Bonchev–Trinajstić information content (AvgIpc) is 2.71. The highest BCUT2D eigenvalue weighted by Gasteiger charge is 2.26. The van der Waals surface area contributed by atoms with Gasteiger partial charge in [-0.3, -0.25) is 9.59 Å². The molecule has 0 bridgehead atoms. The Morgan fingerprint density at radius 3 is 2.67 bits per heavy atom. The van der Waals surface area contributed by atoms with Crippen LogP contribution in [0.3, 0.4) is 0 Å². The molecule has 0 saturated heterocycles. The van der Waals surface area contributed by atoms with E-state index in [1.807, 2.05) is 0 Å². The molecule has 2 rings (SSSR count). The molecular weight excluding hydrogens is 234 g/mol. The van der Waals surface area contributed by atoms with Gasteiger partial charge in [0.25, 0.3) is 0 Å². The number of hydrogen-bond donors (Lipinski definition) is 2. The molecule has 1 atom stereocenters. The maximum absolute atomic E-state index is 11.9. The second-order valence-corrected chi connectivity index (χ2v) is 4.65. The van der Waals surface area contributed by atoms with E-state index in [1.54, 1.807) is 23.1 Å². The highest BCUT2D eigenvalue weighted by Crippen LogP contribution is 2.27. The smallest absolute Gasteiger partial charge is 0.306 e. The van der Waals surface area contributed by atoms with E-state index in [4.69, 9.17) is 5.11 Å². The molecule has 0 fully saturated rings. The number of carboxylic acids is 1. The van der Waals surface area contributed by atoms with Crippen LogP contribution in [0, 0.1) is 5.92 Å². The van der Waals surface area contributed by atoms with Gasteiger partial charge >= 0.3 is 5.97 Å². The fourth-order valence-corrected chi connectivity index (χ4v) is 2.04. The second kappa shape index (κ2) is 4.68. The Kier molecular flexibility index (Phi) is 3.23. The summed E-state index contributed by atoms with van der Waals surface area (Å²) in [6, 6.07) is 5.02. The molecule has 1 aromatic rings. The van der Waals surface area contributed by atoms with E-state index in [1.165, 1.54) is 6.92 Å². The second-order valence-electron chi connectivity index (χ2n) is 4.65. The monoisotopic (exact) mass is 249 g/mol. The fourth-order valence-electron chi connectivity index (χ4n) is 2.04. The summed E-state index contributed by atoms with van der Waals surface area (Å²) >= 11 is 0. The van der Waals surface area contributed by atoms with Gasteiger partial charge in [0, 0.05) is 19.5 Å². The van der Waals surface area contributed by atoms with Gasteiger partial charge in [0.05, 0.1) is 5.92 Å². The number of amides is 1. The Morgan fingerprint density at radius 1 is 1.33 bits per heavy atom. The SMILES string of the molecule is C[C@@H](CC(=O)N1Cc2ccc(O)cc2C1)C(=O)O. The quantitative estimate of drug-likeness (QED) is 0.847. The molecule has 0 aliphatic carbocycles. The number of benzene rings is 1. The number of aromatic hydroxyl groups is 1. The summed E-state index contributed by atoms with van der Waals surface area (Å²) in [5.74, 6) is -1.62. The fraction of sp³-hybridized carbons (Fsp3) is 0.385. The van der Waals surface area contributed by atoms with Crippen molar-refractivity contribution in [2.24, 2.45) is 5.92 Å². The normalized spacial score (nSPS) is 15.3. The van der Waals surface area contributed by atoms with Crippen molar-refractivity contribution in [1.82, 2.24) is 4.90 Å². The first-order valence-corrected chi connectivity index (χ1v) is 5.78. The number of hydrogen-bond acceptors (Lipinski definition) is 3. The van der Waals surface area contributed by atoms with Gasteiger partial charge in [-0.2, -0.15) is 0 Å². The third-order valence-electron chi connectivity index (χ3n) is 3.17. The van der Waals surface area contributed by atoms with Gasteiger partial charge < -0.3 is 15.1 Å². The lowest BCUT2D eigenvalue weighted by molar-refractivity contribution is -0.145. The summed E-state index contributed by atoms with van der Waals surface area (Å²) in [4.78, 5) is 24.2. The molecule has 2 N–H and O–H groups in total. The first kappa shape index (κ1) is 12.4. The van der Waals surface area contributed by atoms with Gasteiger partial charge in [-0.15, -0.1) is 0 Å². The highest BCUT2D eigenvalue weighted by atomic mass is 16.4. The summed E-state index contributed by atoms with van der Waals surface area (Å²) in [5, 5.41) is 18.1. The topological polar surface area (TPSA) is 77.8 Å². The molecule has 18 heavy (non-hydrogen) atoms. The molecule has 0 spiro atoms. The van der Waals surface area contributed by atoms with Gasteiger partial charge in [0.2, 0.25) is 5.91 Å². The predicted molar refractivity (Wildman–Crippen MR) is 63.8 cm³/mol. The Morgan fingerprint density at radius 2 is 2.00 bits per heavy atom. The lowest BCUT2D eigenvalue weighted by Gasteiger charge is -2.16. The molecule has 0 unspecified atom stereocenters. The minimum atomic E-state index is -0.960. The maximum Gasteiger partial charge on any atom is 0.306 e. The lowest BCUT2D eigenvalue weighted by Crippen LogP contribution is -2.28. The van der Waals surface area contributed by atoms with Crippen molar-refractivity contribution < 1.29 is 19.8 Å². The average molecular weight is 249 g/mol. The van der Waals surface area contributed by atoms with Crippen LogP contribution in [0.25, 0.3) is 0 Å². The van der Waals surface area contributed by atoms with Crippen molar-refractivity contribution >= 4 is 11.9 Å². The number of phenolic OH excluding ortho intramolecular Hbond substituents is 1. The van der Waals surface area contributed by atoms with Gasteiger partial charge in [-0.05, 0) is 23.3 Å². The summed E-state index contributed by atoms with van der Waals surface area (Å²) < 4.78 is 0. The van der Waals surface area contributed by atoms with E-state index in [-0.39, 0.29) is 18.1 Å². The van der Waals surface area contributed by atoms with Gasteiger partial charge in [-0.25, -0.2) is 0 Å². The standard InChI is InChI=1S/C13H15NO4/c1-8(13(17)18)4-12(16)14-6-9-2-3-11(15)5-10(9)7-14/h2-3,5,8,15H,4,6-7H2,1H3,(H,17,18)/t8-/m0/s1. The van der Waals surface area contributed by atoms with Crippen molar-refractivity contribution in [2.75, 3.05) is 0 Å². The van der Waals surface area contributed by atoms with Crippen LogP contribution in [-0.2, 0) is 22.7 Å². The zero-order valence-corrected chi connectivity index (χ0v) is 10.1. The Balaban J connectivity index is 2.02. The minimum Gasteiger partial charge on any atom is -0.508 e. The summed E-state index contributed by atoms with van der Waals surface area (Å²) in [6.07, 6.45) is 0.00923. The molecule has 0 aromatic heterocycles. The van der Waals surface area contributed by atoms with E-state index in [9.17, 15) is 14.7 Å². The molecule has 5 heteroatoms. The summed E-state index contributed by atoms with van der Waals surface area (Å²) in [5.41, 5.74) is 1.93. The molecular formula is C13H15NO4. The molecule has 1 aromatic carbocycles. The van der Waals surface area contributed by atoms with Crippen LogP contribution >= 0.6 is 0 Å². The van der Waals surface area contributed by atoms with Crippen LogP contribution < -0.4 is 0 Å². The first-order chi connectivity index (χ1) is 8.47. The number of carbonyl (C=O) groups excluding carboxylic acids is 1. The number of carbonyl (C=O) groups is 2. The Hall–Kier alpha value is -2.04. The molecule has 1 aliphatic rings. The van der Waals surface area contributed by atoms with Crippen molar-refractivity contribution in [1.29, 1.82) is 0 Å². The van der Waals surface area contributed by atoms with E-state index >= 15 is 0 Å². The number of nitrogens with zero attached hydrogens (tertiary/aromatic N) is 1. The number of phenols is 1. The Bertz CT molecular complexity index is 498. The molecule has 1 heterocycles. The number of carboxylic acid groups (broad SMARTS) is 1. The largest absolute Gasteiger partial charge is 0.508 e. The summed E-state index contributed by atoms with van der Waals surface area (Å²) in [6.45, 7) is 2.45. The van der Waals surface area contributed by atoms with E-state index < -0.39 is 11.9 Å². The van der Waals surface area contributed by atoms with Crippen molar-refractivity contribution in [2.45, 2.75) is 26.4 Å². The lowest BCUT2D eigenvalue weighted by atomic mass is 10.1. The predicted octanol–water partition coefficient (Wildman–Crippen LogP) is 1.35. The number of aliphatic carboxylic acids is 1. The van der Waals surface area contributed by atoms with Crippen molar-refractivity contribution in [3.05, 3.63) is 29.3 Å². The van der Waals surface area contributed by atoms with Crippen molar-refractivity contribution in [3.8, 4) is 5.75 Å². The molecule has 96 valence electrons. The molecule has 0 radical (unpaired) electrons. The van der Waals surface area contributed by atoms with Crippen molar-refractivity contribution in [3.63, 3.8) is 0 Å². The minimum absolute atomic E-state index is 0.00923. The van der Waals surface area contributed by atoms with E-state index in [2.05, 4.69) is 0 Å². The van der Waals surface area contributed by atoms with Gasteiger partial charge in [-0.1, -0.05) is 13.0 Å². The van der Waals surface area contributed by atoms with E-state index in [0.717, 1.165) is 11.1 Å². The molecule has 5 nitrogen and oxygen atoms in total. The van der Waals surface area contributed by atoms with Crippen LogP contribution in [0.5, 0.6) is 5.75 Å². The zero-order valence-electron chi connectivity index (χ0n) is 10.1. The Labute approximate surface area is 105 Å². The van der Waals surface area contributed by atoms with Gasteiger partial charge in [0.15, 0.2) is 0 Å². The number of rotatable bonds is 3. The third kappa shape index (κ3) is 2.45. The zero-order chi connectivity index (χ0) is 13.3. The van der Waals surface area contributed by atoms with Crippen LogP contribution in [0.1, 0.15) is 24.5 Å². The molecule has 1 amide bonds. The molecule has 1 aliphatic heterocycles. The first-order valence-electron chi connectivity index (χ1n) is 5.78. The van der Waals surface area contributed by atoms with E-state index in [0.29, 0.717) is 13.1 Å². The van der Waals surface area contributed by atoms with Gasteiger partial charge in [0.1, 0.15) is 5.75 Å².